The summed E-state index contributed by atoms with van der Waals surface area (Å²) in [6.45, 7) is 0. The first-order valence-electron chi connectivity index (χ1n) is 7.50. The minimum Gasteiger partial charge on any atom is -0.597 e. The van der Waals surface area contributed by atoms with Gasteiger partial charge in [-0.2, -0.15) is 0 Å². The van der Waals surface area contributed by atoms with E-state index in [9.17, 15) is 8.76 Å². The molecule has 1 aromatic carbocycles. The summed E-state index contributed by atoms with van der Waals surface area (Å²) < 4.78 is 39.8. The molecule has 22 heavy (non-hydrogen) atoms. The average molecular weight is 321 g/mol. The molecule has 4 rings (SSSR count). The third-order valence-electron chi connectivity index (χ3n) is 4.93. The fourth-order valence-electron chi connectivity index (χ4n) is 4.05. The van der Waals surface area contributed by atoms with Crippen molar-refractivity contribution in [3.8, 4) is 0 Å². The van der Waals surface area contributed by atoms with Crippen molar-refractivity contribution in [3.05, 3.63) is 48.0 Å². The molecule has 2 fully saturated rings. The van der Waals surface area contributed by atoms with Crippen molar-refractivity contribution in [1.82, 2.24) is 4.72 Å². The Bertz CT molecular complexity index is 649. The number of ether oxygens (including phenoxy) is 2. The van der Waals surface area contributed by atoms with Crippen LogP contribution in [0.25, 0.3) is 0 Å². The van der Waals surface area contributed by atoms with E-state index in [1.807, 2.05) is 42.5 Å². The third-order valence-corrected chi connectivity index (χ3v) is 6.87. The second-order valence-corrected chi connectivity index (χ2v) is 8.10. The first-order valence-corrected chi connectivity index (χ1v) is 9.05. The number of sulfonamides is 1. The summed E-state index contributed by atoms with van der Waals surface area (Å²) in [7, 11) is -1.80. The minimum atomic E-state index is -3.42. The third kappa shape index (κ3) is 2.02. The lowest BCUT2D eigenvalue weighted by Gasteiger charge is -2.46. The van der Waals surface area contributed by atoms with Crippen LogP contribution in [0.15, 0.2) is 42.5 Å². The van der Waals surface area contributed by atoms with Crippen molar-refractivity contribution in [2.24, 2.45) is 0 Å². The molecule has 1 N–H and O–H groups in total. The zero-order chi connectivity index (χ0) is 15.4. The monoisotopic (exact) mass is 321 g/mol. The van der Waals surface area contributed by atoms with Gasteiger partial charge in [0.05, 0.1) is 12.1 Å². The number of hydrogen-bond donors (Lipinski definition) is 1. The largest absolute Gasteiger partial charge is 0.597 e. The van der Waals surface area contributed by atoms with Crippen LogP contribution in [0.2, 0.25) is 0 Å². The van der Waals surface area contributed by atoms with Gasteiger partial charge in [-0.25, -0.2) is 0 Å². The molecule has 0 saturated carbocycles. The van der Waals surface area contributed by atoms with Gasteiger partial charge in [-0.3, -0.25) is 0 Å². The van der Waals surface area contributed by atoms with Crippen LogP contribution < -0.4 is 4.72 Å². The maximum atomic E-state index is 12.6. The fraction of sp³-hybridized carbons (Fsp3) is 0.500. The molecule has 0 aliphatic carbocycles. The lowest BCUT2D eigenvalue weighted by molar-refractivity contribution is -0.0952. The Morgan fingerprint density at radius 1 is 1.45 bits per heavy atom. The molecule has 2 unspecified atom stereocenters. The van der Waals surface area contributed by atoms with Crippen LogP contribution in [-0.2, 0) is 30.5 Å². The quantitative estimate of drug-likeness (QED) is 0.671. The summed E-state index contributed by atoms with van der Waals surface area (Å²) in [6, 6.07) is 9.50. The second kappa shape index (κ2) is 4.97. The van der Waals surface area contributed by atoms with E-state index in [2.05, 4.69) is 4.72 Å². The van der Waals surface area contributed by atoms with Crippen molar-refractivity contribution in [2.75, 3.05) is 7.11 Å². The molecule has 6 heteroatoms. The Labute approximate surface area is 131 Å². The van der Waals surface area contributed by atoms with Gasteiger partial charge < -0.3 is 14.0 Å². The van der Waals surface area contributed by atoms with Crippen LogP contribution >= 0.6 is 0 Å². The molecule has 1 spiro atoms. The van der Waals surface area contributed by atoms with Crippen molar-refractivity contribution in [3.63, 3.8) is 0 Å². The standard InChI is InChI=1S/C16H19NO4S/c1-20-15-13(9-11-5-3-2-4-6-11)17-22(18,19)14-10-12-7-8-16(14,15)21-12/h2-8,12-15H,9-10H2,1H3,(H-,17,18,19)/t12?,13-,14-,15+,16+/m0/s1. The Balaban J connectivity index is 1.70. The fourth-order valence-corrected chi connectivity index (χ4v) is 6.04. The highest BCUT2D eigenvalue weighted by atomic mass is 32.3. The smallest absolute Gasteiger partial charge is 0.175 e. The predicted molar refractivity (Wildman–Crippen MR) is 81.8 cm³/mol. The Morgan fingerprint density at radius 3 is 2.91 bits per heavy atom. The van der Waals surface area contributed by atoms with Crippen molar-refractivity contribution >= 4 is 10.4 Å². The Kier molecular flexibility index (Phi) is 3.29. The van der Waals surface area contributed by atoms with Crippen molar-refractivity contribution < 1.29 is 18.2 Å². The van der Waals surface area contributed by atoms with E-state index < -0.39 is 21.3 Å². The number of methoxy groups -OCH3 is 1. The van der Waals surface area contributed by atoms with Gasteiger partial charge in [0, 0.05) is 13.5 Å². The Morgan fingerprint density at radius 2 is 2.23 bits per heavy atom. The van der Waals surface area contributed by atoms with Crippen LogP contribution in [0.5, 0.6) is 0 Å². The van der Waals surface area contributed by atoms with Gasteiger partial charge in [0.1, 0.15) is 16.5 Å². The maximum Gasteiger partial charge on any atom is 0.175 e. The summed E-state index contributed by atoms with van der Waals surface area (Å²) in [6.07, 6.45) is 4.50. The molecular weight excluding hydrogens is 302 g/mol. The van der Waals surface area contributed by atoms with Crippen molar-refractivity contribution in [2.45, 2.75) is 41.9 Å². The molecule has 3 aliphatic heterocycles. The number of benzene rings is 1. The number of hydrogen-bond acceptors (Lipinski definition) is 4. The molecule has 5 nitrogen and oxygen atoms in total. The molecule has 0 aromatic heterocycles. The van der Waals surface area contributed by atoms with Gasteiger partial charge in [-0.05, 0) is 18.1 Å². The maximum absolute atomic E-state index is 12.6. The molecule has 1 aromatic rings. The number of rotatable bonds is 3. The van der Waals surface area contributed by atoms with E-state index in [1.165, 1.54) is 0 Å². The predicted octanol–water partition coefficient (Wildman–Crippen LogP) is 1.23. The Hall–Kier alpha value is -1.05. The first kappa shape index (κ1) is 14.5. The molecule has 118 valence electrons. The summed E-state index contributed by atoms with van der Waals surface area (Å²) in [5.41, 5.74) is 0.229. The van der Waals surface area contributed by atoms with Crippen LogP contribution in [0.3, 0.4) is 0 Å². The molecule has 0 amide bonds. The normalized spacial score (nSPS) is 45.9. The molecule has 6 atom stereocenters. The highest BCUT2D eigenvalue weighted by Gasteiger charge is 2.68. The van der Waals surface area contributed by atoms with Crippen molar-refractivity contribution in [1.29, 1.82) is 0 Å². The van der Waals surface area contributed by atoms with Crippen LogP contribution in [-0.4, -0.2) is 40.8 Å². The molecule has 3 heterocycles. The van der Waals surface area contributed by atoms with E-state index in [0.29, 0.717) is 12.8 Å². The van der Waals surface area contributed by atoms with Gasteiger partial charge in [0.15, 0.2) is 10.9 Å². The van der Waals surface area contributed by atoms with E-state index in [4.69, 9.17) is 9.47 Å². The lowest BCUT2D eigenvalue weighted by Crippen LogP contribution is -2.70. The van der Waals surface area contributed by atoms with E-state index in [0.717, 1.165) is 5.56 Å². The summed E-state index contributed by atoms with van der Waals surface area (Å²) in [5.74, 6) is 0. The van der Waals surface area contributed by atoms with Crippen LogP contribution in [0.1, 0.15) is 12.0 Å². The minimum absolute atomic E-state index is 0.116. The molecule has 2 bridgehead atoms. The molecule has 2 saturated heterocycles. The summed E-state index contributed by atoms with van der Waals surface area (Å²) in [5, 5.41) is -0.563. The first-order chi connectivity index (χ1) is 10.5. The SMILES string of the molecule is CO[C@@H]1[C@H](Cc2ccccc2)N[S+](=O)([O-])[C@H]2CC3C=C[C@]12O3. The van der Waals surface area contributed by atoms with E-state index in [1.54, 1.807) is 7.11 Å². The highest BCUT2D eigenvalue weighted by Crippen LogP contribution is 2.49. The second-order valence-electron chi connectivity index (χ2n) is 6.21. The van der Waals surface area contributed by atoms with Gasteiger partial charge >= 0.3 is 0 Å². The van der Waals surface area contributed by atoms with Gasteiger partial charge in [0.25, 0.3) is 0 Å². The lowest BCUT2D eigenvalue weighted by atomic mass is 9.83. The zero-order valence-electron chi connectivity index (χ0n) is 12.3. The summed E-state index contributed by atoms with van der Waals surface area (Å²) in [4.78, 5) is 0. The van der Waals surface area contributed by atoms with Crippen LogP contribution in [0.4, 0.5) is 0 Å². The average Bonchev–Trinajstić information content (AvgIpc) is 3.07. The molecule has 3 aliphatic rings. The topological polar surface area (TPSA) is 70.6 Å². The van der Waals surface area contributed by atoms with Gasteiger partial charge in [-0.1, -0.05) is 40.6 Å². The van der Waals surface area contributed by atoms with E-state index in [-0.39, 0.29) is 18.2 Å². The van der Waals surface area contributed by atoms with Crippen LogP contribution in [0, 0.1) is 0 Å². The van der Waals surface area contributed by atoms with E-state index >= 15 is 0 Å². The molecular formula is C16H19NO4S. The summed E-state index contributed by atoms with van der Waals surface area (Å²) >= 11 is 0. The zero-order valence-corrected chi connectivity index (χ0v) is 13.1. The number of nitrogens with one attached hydrogen (secondary N) is 1. The molecule has 0 radical (unpaired) electrons. The van der Waals surface area contributed by atoms with Gasteiger partial charge in [-0.15, -0.1) is 4.72 Å². The highest BCUT2D eigenvalue weighted by molar-refractivity contribution is 7.96. The number of fused-ring (bicyclic) bond motifs is 1. The van der Waals surface area contributed by atoms with Gasteiger partial charge in [0.2, 0.25) is 0 Å².